The molecule has 0 aromatic heterocycles. The molecule has 1 fully saturated rings. The minimum Gasteiger partial charge on any atom is -0.390 e. The van der Waals surface area contributed by atoms with Crippen molar-refractivity contribution in [2.45, 2.75) is 38.1 Å². The molecule has 5 nitrogen and oxygen atoms in total. The van der Waals surface area contributed by atoms with Gasteiger partial charge in [0.05, 0.1) is 19.3 Å². The average Bonchev–Trinajstić information content (AvgIpc) is 2.48. The fraction of sp³-hybridized carbons (Fsp3) is 0.600. The van der Waals surface area contributed by atoms with E-state index in [0.717, 1.165) is 5.56 Å². The summed E-state index contributed by atoms with van der Waals surface area (Å²) >= 11 is 0. The summed E-state index contributed by atoms with van der Waals surface area (Å²) in [4.78, 5) is 0. The van der Waals surface area contributed by atoms with Crippen molar-refractivity contribution in [3.8, 4) is 0 Å². The molecule has 1 aromatic carbocycles. The fourth-order valence-electron chi connectivity index (χ4n) is 2.34. The van der Waals surface area contributed by atoms with Gasteiger partial charge in [0.15, 0.2) is 6.29 Å². The van der Waals surface area contributed by atoms with E-state index in [1.165, 1.54) is 7.11 Å². The average molecular weight is 282 g/mol. The molecule has 1 aliphatic heterocycles. The van der Waals surface area contributed by atoms with Crippen LogP contribution in [0.4, 0.5) is 0 Å². The van der Waals surface area contributed by atoms with Crippen LogP contribution in [0.15, 0.2) is 30.3 Å². The molecule has 112 valence electrons. The molecule has 1 saturated heterocycles. The highest BCUT2D eigenvalue weighted by atomic mass is 16.7. The summed E-state index contributed by atoms with van der Waals surface area (Å²) in [7, 11) is 1.52. The van der Waals surface area contributed by atoms with Crippen LogP contribution in [0.5, 0.6) is 0 Å². The van der Waals surface area contributed by atoms with Crippen LogP contribution in [-0.2, 0) is 20.8 Å². The highest BCUT2D eigenvalue weighted by molar-refractivity contribution is 5.13. The molecule has 1 aromatic rings. The lowest BCUT2D eigenvalue weighted by Crippen LogP contribution is -2.55. The molecule has 1 heterocycles. The van der Waals surface area contributed by atoms with E-state index in [-0.39, 0.29) is 12.5 Å². The number of aliphatic hydroxyl groups excluding tert-OH is 2. The van der Waals surface area contributed by atoms with Gasteiger partial charge in [0.2, 0.25) is 0 Å². The Morgan fingerprint density at radius 1 is 1.15 bits per heavy atom. The van der Waals surface area contributed by atoms with E-state index >= 15 is 0 Å². The van der Waals surface area contributed by atoms with E-state index in [9.17, 15) is 10.2 Å². The fourth-order valence-corrected chi connectivity index (χ4v) is 2.34. The first kappa shape index (κ1) is 15.4. The molecule has 0 unspecified atom stereocenters. The molecule has 0 aliphatic carbocycles. The van der Waals surface area contributed by atoms with E-state index in [0.29, 0.717) is 6.61 Å². The minimum absolute atomic E-state index is 0.208. The number of aliphatic hydroxyl groups is 2. The largest absolute Gasteiger partial charge is 0.390 e. The number of methoxy groups -OCH3 is 1. The zero-order valence-electron chi connectivity index (χ0n) is 11.8. The molecule has 0 bridgehead atoms. The smallest absolute Gasteiger partial charge is 0.162 e. The van der Waals surface area contributed by atoms with E-state index in [1.54, 1.807) is 6.92 Å². The lowest BCUT2D eigenvalue weighted by atomic mass is 9.92. The van der Waals surface area contributed by atoms with Gasteiger partial charge in [-0.3, -0.25) is 0 Å². The first-order valence-corrected chi connectivity index (χ1v) is 6.79. The van der Waals surface area contributed by atoms with Crippen LogP contribution in [0.3, 0.4) is 0 Å². The number of hydrogen-bond acceptors (Lipinski definition) is 5. The zero-order chi connectivity index (χ0) is 14.5. The molecule has 20 heavy (non-hydrogen) atoms. The monoisotopic (exact) mass is 282 g/mol. The maximum absolute atomic E-state index is 10.0. The molecule has 2 N–H and O–H groups in total. The Labute approximate surface area is 119 Å². The molecule has 0 radical (unpaired) electrons. The topological polar surface area (TPSA) is 68.2 Å². The third kappa shape index (κ3) is 3.56. The quantitative estimate of drug-likeness (QED) is 0.841. The second-order valence-electron chi connectivity index (χ2n) is 5.12. The maximum Gasteiger partial charge on any atom is 0.162 e. The van der Waals surface area contributed by atoms with Crippen LogP contribution in [0.25, 0.3) is 0 Å². The summed E-state index contributed by atoms with van der Waals surface area (Å²) in [5, 5.41) is 20.0. The molecular formula is C15H22O5. The van der Waals surface area contributed by atoms with Crippen LogP contribution < -0.4 is 0 Å². The second-order valence-corrected chi connectivity index (χ2v) is 5.12. The van der Waals surface area contributed by atoms with Crippen molar-refractivity contribution in [1.29, 1.82) is 0 Å². The molecule has 0 saturated carbocycles. The lowest BCUT2D eigenvalue weighted by molar-refractivity contribution is -0.277. The van der Waals surface area contributed by atoms with Crippen LogP contribution in [0, 0.1) is 5.92 Å². The van der Waals surface area contributed by atoms with Gasteiger partial charge in [0.25, 0.3) is 0 Å². The Morgan fingerprint density at radius 2 is 1.85 bits per heavy atom. The second kappa shape index (κ2) is 7.15. The summed E-state index contributed by atoms with van der Waals surface area (Å²) in [6.07, 6.45) is -2.96. The summed E-state index contributed by atoms with van der Waals surface area (Å²) < 4.78 is 16.3. The number of hydrogen-bond donors (Lipinski definition) is 2. The van der Waals surface area contributed by atoms with Gasteiger partial charge in [-0.25, -0.2) is 0 Å². The molecule has 1 aliphatic rings. The van der Waals surface area contributed by atoms with Crippen molar-refractivity contribution in [2.24, 2.45) is 5.92 Å². The van der Waals surface area contributed by atoms with Gasteiger partial charge in [-0.2, -0.15) is 0 Å². The first-order valence-electron chi connectivity index (χ1n) is 6.79. The first-order chi connectivity index (χ1) is 9.63. The number of ether oxygens (including phenoxy) is 3. The van der Waals surface area contributed by atoms with Crippen molar-refractivity contribution >= 4 is 0 Å². The van der Waals surface area contributed by atoms with E-state index < -0.39 is 24.6 Å². The highest BCUT2D eigenvalue weighted by Crippen LogP contribution is 2.26. The summed E-state index contributed by atoms with van der Waals surface area (Å²) in [5.41, 5.74) is 1.05. The van der Waals surface area contributed by atoms with Crippen molar-refractivity contribution < 1.29 is 24.4 Å². The molecule has 5 atom stereocenters. The predicted molar refractivity (Wildman–Crippen MR) is 72.9 cm³/mol. The third-order valence-corrected chi connectivity index (χ3v) is 3.63. The van der Waals surface area contributed by atoms with Gasteiger partial charge in [0, 0.05) is 13.0 Å². The van der Waals surface area contributed by atoms with Crippen molar-refractivity contribution in [1.82, 2.24) is 0 Å². The molecule has 5 heteroatoms. The van der Waals surface area contributed by atoms with Crippen molar-refractivity contribution in [3.63, 3.8) is 0 Å². The van der Waals surface area contributed by atoms with Crippen LogP contribution >= 0.6 is 0 Å². The maximum atomic E-state index is 10.0. The van der Waals surface area contributed by atoms with Crippen molar-refractivity contribution in [2.75, 3.05) is 13.7 Å². The van der Waals surface area contributed by atoms with Gasteiger partial charge in [0.1, 0.15) is 12.2 Å². The Hall–Kier alpha value is -0.980. The number of benzene rings is 1. The number of rotatable bonds is 5. The highest BCUT2D eigenvalue weighted by Gasteiger charge is 2.42. The van der Waals surface area contributed by atoms with Crippen molar-refractivity contribution in [3.05, 3.63) is 35.9 Å². The molecule has 0 amide bonds. The Balaban J connectivity index is 1.85. The van der Waals surface area contributed by atoms with E-state index in [4.69, 9.17) is 14.2 Å². The third-order valence-electron chi connectivity index (χ3n) is 3.63. The summed E-state index contributed by atoms with van der Waals surface area (Å²) in [6.45, 7) is 2.43. The Kier molecular flexibility index (Phi) is 5.51. The summed E-state index contributed by atoms with van der Waals surface area (Å²) in [6, 6.07) is 9.76. The van der Waals surface area contributed by atoms with Gasteiger partial charge in [-0.05, 0) is 5.56 Å². The Morgan fingerprint density at radius 3 is 2.50 bits per heavy atom. The van der Waals surface area contributed by atoms with Gasteiger partial charge < -0.3 is 24.4 Å². The molecular weight excluding hydrogens is 260 g/mol. The molecule has 2 rings (SSSR count). The normalized spacial score (nSPS) is 34.1. The lowest BCUT2D eigenvalue weighted by Gasteiger charge is -2.40. The summed E-state index contributed by atoms with van der Waals surface area (Å²) in [5.74, 6) is -0.277. The zero-order valence-corrected chi connectivity index (χ0v) is 11.8. The van der Waals surface area contributed by atoms with Crippen LogP contribution in [0.1, 0.15) is 12.5 Å². The van der Waals surface area contributed by atoms with Gasteiger partial charge in [-0.1, -0.05) is 37.3 Å². The van der Waals surface area contributed by atoms with E-state index in [2.05, 4.69) is 0 Å². The molecule has 0 spiro atoms. The van der Waals surface area contributed by atoms with Crippen LogP contribution in [0.2, 0.25) is 0 Å². The van der Waals surface area contributed by atoms with Gasteiger partial charge in [-0.15, -0.1) is 0 Å². The van der Waals surface area contributed by atoms with E-state index in [1.807, 2.05) is 30.3 Å². The SMILES string of the molecule is CO[C@@H]1O[C@H](COCc2ccccc2)[C@H](O)[C@H](O)[C@H]1C. The van der Waals surface area contributed by atoms with Gasteiger partial charge >= 0.3 is 0 Å². The minimum atomic E-state index is -0.966. The predicted octanol–water partition coefficient (Wildman–Crippen LogP) is 0.932. The van der Waals surface area contributed by atoms with Crippen LogP contribution in [-0.4, -0.2) is 48.5 Å². The Bertz CT molecular complexity index is 395. The standard InChI is InChI=1S/C15H22O5/c1-10-13(16)14(17)12(20-15(10)18-2)9-19-8-11-6-4-3-5-7-11/h3-7,10,12-17H,8-9H2,1-2H3/t10-,12-,13-,14+,15-/m1/s1.